The fourth-order valence-corrected chi connectivity index (χ4v) is 2.90. The van der Waals surface area contributed by atoms with Crippen molar-refractivity contribution in [2.45, 2.75) is 19.8 Å². The Morgan fingerprint density at radius 1 is 1.36 bits per heavy atom. The van der Waals surface area contributed by atoms with Crippen LogP contribution in [0.5, 0.6) is 0 Å². The first-order valence-corrected chi connectivity index (χ1v) is 7.43. The summed E-state index contributed by atoms with van der Waals surface area (Å²) in [5, 5.41) is 12.0. The Morgan fingerprint density at radius 2 is 2.04 bits per heavy atom. The number of Topliss-reactive ketones (excluding diaryl/α,β-unsaturated/α-hetero) is 1. The maximum Gasteiger partial charge on any atom is 0.431 e. The van der Waals surface area contributed by atoms with Gasteiger partial charge in [0.1, 0.15) is 23.3 Å². The van der Waals surface area contributed by atoms with Crippen LogP contribution in [-0.4, -0.2) is 11.1 Å². The molecule has 0 radical (unpaired) electrons. The summed E-state index contributed by atoms with van der Waals surface area (Å²) in [6.45, 7) is 2.90. The lowest BCUT2D eigenvalue weighted by Gasteiger charge is -2.23. The molecule has 0 bridgehead atoms. The number of nitriles is 1. The van der Waals surface area contributed by atoms with E-state index in [9.17, 15) is 14.9 Å². The molecule has 0 saturated heterocycles. The van der Waals surface area contributed by atoms with E-state index in [0.717, 1.165) is 0 Å². The third-order valence-corrected chi connectivity index (χ3v) is 3.95. The van der Waals surface area contributed by atoms with Crippen molar-refractivity contribution in [2.24, 2.45) is 5.73 Å². The summed E-state index contributed by atoms with van der Waals surface area (Å²) in [5.41, 5.74) is 5.94. The van der Waals surface area contributed by atoms with Crippen molar-refractivity contribution in [3.63, 3.8) is 0 Å². The predicted octanol–water partition coefficient (Wildman–Crippen LogP) is 0.915. The van der Waals surface area contributed by atoms with E-state index in [1.54, 1.807) is 31.2 Å². The van der Waals surface area contributed by atoms with Crippen LogP contribution >= 0.6 is 0 Å². The zero-order chi connectivity index (χ0) is 18.1. The number of nitrogens with two attached hydrogens (primary N) is 1. The van der Waals surface area contributed by atoms with Crippen molar-refractivity contribution in [3.8, 4) is 11.8 Å². The van der Waals surface area contributed by atoms with Crippen molar-refractivity contribution in [1.29, 1.82) is 5.26 Å². The van der Waals surface area contributed by atoms with E-state index in [-0.39, 0.29) is 34.3 Å². The topological polar surface area (TPSA) is 126 Å². The molecule has 1 aromatic carbocycles. The lowest BCUT2D eigenvalue weighted by molar-refractivity contribution is -0.677. The molecule has 0 aliphatic carbocycles. The number of rotatable bonds is 3. The minimum absolute atomic E-state index is 0.0209. The Hall–Kier alpha value is -3.60. The highest BCUT2D eigenvalue weighted by molar-refractivity contribution is 5.96. The van der Waals surface area contributed by atoms with E-state index in [2.05, 4.69) is 5.27 Å². The maximum atomic E-state index is 12.4. The summed E-state index contributed by atoms with van der Waals surface area (Å²) < 4.78 is 11.6. The molecule has 0 amide bonds. The Labute approximate surface area is 142 Å². The van der Waals surface area contributed by atoms with Crippen LogP contribution < -0.4 is 16.0 Å². The number of para-hydroxylation sites is 1. The highest BCUT2D eigenvalue weighted by Gasteiger charge is 2.43. The molecule has 8 heteroatoms. The van der Waals surface area contributed by atoms with Crippen molar-refractivity contribution in [3.05, 3.63) is 69.2 Å². The van der Waals surface area contributed by atoms with Crippen LogP contribution in [0.15, 0.2) is 62.4 Å². The molecule has 3 rings (SSSR count). The van der Waals surface area contributed by atoms with E-state index in [1.807, 2.05) is 12.1 Å². The summed E-state index contributed by atoms with van der Waals surface area (Å²) in [6, 6.07) is 10.8. The number of H-pyrrole nitrogens is 1. The Balaban J connectivity index is 2.32. The van der Waals surface area contributed by atoms with Gasteiger partial charge in [-0.05, 0) is 23.8 Å². The monoisotopic (exact) mass is 339 g/mol. The number of nitrogens with one attached hydrogen (secondary N) is 1. The Morgan fingerprint density at radius 3 is 2.64 bits per heavy atom. The SMILES string of the molecule is CC(=O)C1=C(C)OC(N)=C(C#N)C1c1c(=O)o[nH][n+]1-c1ccccc1. The molecule has 1 aliphatic heterocycles. The van der Waals surface area contributed by atoms with Crippen LogP contribution in [0.1, 0.15) is 25.5 Å². The van der Waals surface area contributed by atoms with Gasteiger partial charge in [-0.15, -0.1) is 0 Å². The number of carbonyl (C=O) groups excluding carboxylic acids is 1. The number of hydrogen-bond acceptors (Lipinski definition) is 6. The average Bonchev–Trinajstić information content (AvgIpc) is 2.96. The summed E-state index contributed by atoms with van der Waals surface area (Å²) >= 11 is 0. The van der Waals surface area contributed by atoms with E-state index in [4.69, 9.17) is 15.0 Å². The van der Waals surface area contributed by atoms with Gasteiger partial charge < -0.3 is 10.5 Å². The molecule has 1 aliphatic rings. The summed E-state index contributed by atoms with van der Waals surface area (Å²) in [5.74, 6) is -1.22. The number of benzene rings is 1. The maximum absolute atomic E-state index is 12.4. The number of carbonyl (C=O) groups is 1. The number of aromatic nitrogens is 2. The number of nitrogens with zero attached hydrogens (tertiary/aromatic N) is 2. The quantitative estimate of drug-likeness (QED) is 0.801. The first kappa shape index (κ1) is 16.3. The van der Waals surface area contributed by atoms with Gasteiger partial charge in [0.25, 0.3) is 0 Å². The number of aromatic amines is 1. The first-order chi connectivity index (χ1) is 12.0. The molecule has 2 aromatic rings. The average molecular weight is 339 g/mol. The molecule has 0 saturated carbocycles. The van der Waals surface area contributed by atoms with Crippen LogP contribution in [0.4, 0.5) is 0 Å². The van der Waals surface area contributed by atoms with Crippen LogP contribution in [0.25, 0.3) is 5.69 Å². The highest BCUT2D eigenvalue weighted by Crippen LogP contribution is 2.37. The molecule has 3 N–H and O–H groups in total. The second kappa shape index (κ2) is 6.13. The second-order valence-electron chi connectivity index (χ2n) is 5.49. The molecule has 0 spiro atoms. The molecule has 1 aromatic heterocycles. The van der Waals surface area contributed by atoms with Crippen LogP contribution in [0.3, 0.4) is 0 Å². The molecule has 8 nitrogen and oxygen atoms in total. The van der Waals surface area contributed by atoms with Crippen LogP contribution in [-0.2, 0) is 9.53 Å². The number of ketones is 1. The molecule has 126 valence electrons. The van der Waals surface area contributed by atoms with E-state index >= 15 is 0 Å². The van der Waals surface area contributed by atoms with Gasteiger partial charge in [-0.2, -0.15) is 5.26 Å². The molecular weight excluding hydrogens is 324 g/mol. The third-order valence-electron chi connectivity index (χ3n) is 3.95. The number of ether oxygens (including phenoxy) is 1. The zero-order valence-electron chi connectivity index (χ0n) is 13.6. The molecule has 1 atom stereocenters. The van der Waals surface area contributed by atoms with Gasteiger partial charge in [0, 0.05) is 12.1 Å². The van der Waals surface area contributed by atoms with Crippen LogP contribution in [0, 0.1) is 11.3 Å². The van der Waals surface area contributed by atoms with Crippen LogP contribution in [0.2, 0.25) is 0 Å². The summed E-state index contributed by atoms with van der Waals surface area (Å²) in [4.78, 5) is 24.6. The second-order valence-corrected chi connectivity index (χ2v) is 5.49. The first-order valence-electron chi connectivity index (χ1n) is 7.43. The fourth-order valence-electron chi connectivity index (χ4n) is 2.90. The van der Waals surface area contributed by atoms with E-state index in [1.165, 1.54) is 11.6 Å². The molecule has 1 unspecified atom stereocenters. The normalized spacial score (nSPS) is 17.2. The minimum atomic E-state index is -0.987. The van der Waals surface area contributed by atoms with Gasteiger partial charge in [-0.1, -0.05) is 18.2 Å². The fraction of sp³-hybridized carbons (Fsp3) is 0.176. The van der Waals surface area contributed by atoms with Gasteiger partial charge in [0.05, 0.1) is 5.57 Å². The number of allylic oxidation sites excluding steroid dienone is 3. The smallest absolute Gasteiger partial charge is 0.431 e. The van der Waals surface area contributed by atoms with Gasteiger partial charge in [-0.3, -0.25) is 9.32 Å². The third kappa shape index (κ3) is 2.61. The lowest BCUT2D eigenvalue weighted by atomic mass is 9.84. The molecule has 2 heterocycles. The summed E-state index contributed by atoms with van der Waals surface area (Å²) in [7, 11) is 0. The van der Waals surface area contributed by atoms with E-state index in [0.29, 0.717) is 5.69 Å². The largest absolute Gasteiger partial charge is 0.445 e. The standard InChI is InChI=1S/C17H14N4O4/c1-9(22)13-10(2)24-16(19)12(8-18)14(13)15-17(23)25-20-21(15)11-6-4-3-5-7-11/h3-7,14H,19H2,1-2H3/p+1. The predicted molar refractivity (Wildman–Crippen MR) is 84.9 cm³/mol. The van der Waals surface area contributed by atoms with Crippen molar-refractivity contribution in [1.82, 2.24) is 5.27 Å². The van der Waals surface area contributed by atoms with Crippen molar-refractivity contribution < 1.29 is 18.7 Å². The Bertz CT molecular complexity index is 1010. The van der Waals surface area contributed by atoms with Gasteiger partial charge in [0.2, 0.25) is 11.6 Å². The zero-order valence-corrected chi connectivity index (χ0v) is 13.6. The van der Waals surface area contributed by atoms with Gasteiger partial charge in [0.15, 0.2) is 5.78 Å². The molecule has 25 heavy (non-hydrogen) atoms. The molecular formula is C17H15N4O4+. The molecule has 0 fully saturated rings. The lowest BCUT2D eigenvalue weighted by Crippen LogP contribution is -2.42. The Kier molecular flexibility index (Phi) is 3.99. The van der Waals surface area contributed by atoms with E-state index < -0.39 is 11.5 Å². The van der Waals surface area contributed by atoms with Crippen molar-refractivity contribution >= 4 is 5.78 Å². The number of hydrogen-bond donors (Lipinski definition) is 2. The minimum Gasteiger partial charge on any atom is -0.445 e. The van der Waals surface area contributed by atoms with Gasteiger partial charge >= 0.3 is 11.3 Å². The highest BCUT2D eigenvalue weighted by atomic mass is 16.5. The summed E-state index contributed by atoms with van der Waals surface area (Å²) in [6.07, 6.45) is 0. The van der Waals surface area contributed by atoms with Crippen molar-refractivity contribution in [2.75, 3.05) is 0 Å². The van der Waals surface area contributed by atoms with Gasteiger partial charge in [-0.25, -0.2) is 4.79 Å².